The van der Waals surface area contributed by atoms with Crippen molar-refractivity contribution in [3.05, 3.63) is 70.3 Å². The average molecular weight is 470 g/mol. The highest BCUT2D eigenvalue weighted by Gasteiger charge is 2.04. The van der Waals surface area contributed by atoms with Crippen LogP contribution in [0.2, 0.25) is 0 Å². The zero-order valence-electron chi connectivity index (χ0n) is 14.6. The number of halogens is 1. The molecule has 140 valence electrons. The van der Waals surface area contributed by atoms with E-state index in [0.717, 1.165) is 24.3 Å². The number of hydrogen-bond donors (Lipinski definition) is 2. The van der Waals surface area contributed by atoms with Crippen LogP contribution in [0.4, 0.5) is 5.69 Å². The Bertz CT molecular complexity index is 693. The Hall–Kier alpha value is -2.36. The molecule has 0 saturated heterocycles. The molecular formula is C18H23IN4O3. The van der Waals surface area contributed by atoms with Crippen molar-refractivity contribution < 1.29 is 9.66 Å². The van der Waals surface area contributed by atoms with E-state index in [-0.39, 0.29) is 29.7 Å². The molecule has 2 aromatic rings. The van der Waals surface area contributed by atoms with E-state index in [1.165, 1.54) is 12.1 Å². The minimum Gasteiger partial charge on any atom is -0.494 e. The first-order valence-electron chi connectivity index (χ1n) is 8.05. The molecule has 2 aromatic carbocycles. The lowest BCUT2D eigenvalue weighted by molar-refractivity contribution is -0.384. The van der Waals surface area contributed by atoms with Gasteiger partial charge in [-0.3, -0.25) is 15.1 Å². The van der Waals surface area contributed by atoms with Crippen LogP contribution in [0.1, 0.15) is 12.0 Å². The van der Waals surface area contributed by atoms with E-state index in [1.807, 2.05) is 30.3 Å². The summed E-state index contributed by atoms with van der Waals surface area (Å²) in [5, 5.41) is 17.0. The van der Waals surface area contributed by atoms with Gasteiger partial charge in [0.1, 0.15) is 5.75 Å². The molecule has 0 spiro atoms. The third kappa shape index (κ3) is 7.68. The molecule has 7 nitrogen and oxygen atoms in total. The van der Waals surface area contributed by atoms with E-state index in [0.29, 0.717) is 19.1 Å². The number of benzene rings is 2. The molecule has 0 aromatic heterocycles. The van der Waals surface area contributed by atoms with Gasteiger partial charge in [0.2, 0.25) is 0 Å². The van der Waals surface area contributed by atoms with Crippen molar-refractivity contribution in [2.45, 2.75) is 13.0 Å². The lowest BCUT2D eigenvalue weighted by Crippen LogP contribution is -2.37. The van der Waals surface area contributed by atoms with Crippen molar-refractivity contribution in [1.29, 1.82) is 0 Å². The van der Waals surface area contributed by atoms with Gasteiger partial charge in [-0.25, -0.2) is 0 Å². The Balaban J connectivity index is 0.00000338. The summed E-state index contributed by atoms with van der Waals surface area (Å²) in [6.07, 6.45) is 0.840. The number of non-ortho nitro benzene ring substituents is 1. The van der Waals surface area contributed by atoms with Crippen LogP contribution in [0.3, 0.4) is 0 Å². The van der Waals surface area contributed by atoms with Gasteiger partial charge in [0.15, 0.2) is 5.96 Å². The summed E-state index contributed by atoms with van der Waals surface area (Å²) in [7, 11) is 1.70. The van der Waals surface area contributed by atoms with E-state index >= 15 is 0 Å². The quantitative estimate of drug-likeness (QED) is 0.154. The van der Waals surface area contributed by atoms with Gasteiger partial charge in [0.25, 0.3) is 5.69 Å². The van der Waals surface area contributed by atoms with E-state index in [1.54, 1.807) is 19.2 Å². The van der Waals surface area contributed by atoms with Crippen LogP contribution >= 0.6 is 24.0 Å². The van der Waals surface area contributed by atoms with Crippen LogP contribution in [-0.2, 0) is 6.54 Å². The molecule has 0 aliphatic carbocycles. The minimum atomic E-state index is -0.408. The smallest absolute Gasteiger partial charge is 0.269 e. The summed E-state index contributed by atoms with van der Waals surface area (Å²) in [6, 6.07) is 16.1. The Kier molecular flexibility index (Phi) is 10.1. The fraction of sp³-hybridized carbons (Fsp3) is 0.278. The number of nitro benzene ring substituents is 1. The molecule has 0 aliphatic rings. The molecule has 0 fully saturated rings. The molecule has 0 atom stereocenters. The molecule has 0 bridgehead atoms. The molecule has 26 heavy (non-hydrogen) atoms. The topological polar surface area (TPSA) is 88.8 Å². The molecule has 0 heterocycles. The van der Waals surface area contributed by atoms with Gasteiger partial charge >= 0.3 is 0 Å². The summed E-state index contributed by atoms with van der Waals surface area (Å²) in [5.41, 5.74) is 1.03. The van der Waals surface area contributed by atoms with Gasteiger partial charge < -0.3 is 15.4 Å². The van der Waals surface area contributed by atoms with Crippen LogP contribution in [0, 0.1) is 10.1 Å². The summed E-state index contributed by atoms with van der Waals surface area (Å²) in [6.45, 7) is 1.89. The highest BCUT2D eigenvalue weighted by atomic mass is 127. The Morgan fingerprint density at radius 2 is 1.81 bits per heavy atom. The number of nitro groups is 1. The number of nitrogens with zero attached hydrogens (tertiary/aromatic N) is 2. The van der Waals surface area contributed by atoms with E-state index in [2.05, 4.69) is 15.6 Å². The maximum absolute atomic E-state index is 10.6. The number of hydrogen-bond acceptors (Lipinski definition) is 4. The molecule has 0 amide bonds. The second-order valence-electron chi connectivity index (χ2n) is 5.29. The van der Waals surface area contributed by atoms with Crippen LogP contribution < -0.4 is 15.4 Å². The molecule has 0 radical (unpaired) electrons. The first-order valence-corrected chi connectivity index (χ1v) is 8.05. The van der Waals surface area contributed by atoms with Gasteiger partial charge in [0.05, 0.1) is 11.5 Å². The van der Waals surface area contributed by atoms with Gasteiger partial charge in [-0.15, -0.1) is 24.0 Å². The fourth-order valence-corrected chi connectivity index (χ4v) is 2.13. The van der Waals surface area contributed by atoms with Gasteiger partial charge in [-0.05, 0) is 24.1 Å². The van der Waals surface area contributed by atoms with Crippen molar-refractivity contribution in [3.63, 3.8) is 0 Å². The van der Waals surface area contributed by atoms with Crippen molar-refractivity contribution in [2.24, 2.45) is 4.99 Å². The number of para-hydroxylation sites is 1. The highest BCUT2D eigenvalue weighted by molar-refractivity contribution is 14.0. The van der Waals surface area contributed by atoms with Crippen molar-refractivity contribution in [3.8, 4) is 5.75 Å². The van der Waals surface area contributed by atoms with Crippen LogP contribution in [0.15, 0.2) is 59.6 Å². The first-order chi connectivity index (χ1) is 12.2. The second kappa shape index (κ2) is 12.1. The lowest BCUT2D eigenvalue weighted by atomic mass is 10.2. The maximum atomic E-state index is 10.6. The largest absolute Gasteiger partial charge is 0.494 e. The van der Waals surface area contributed by atoms with Crippen LogP contribution in [-0.4, -0.2) is 31.1 Å². The molecular weight excluding hydrogens is 447 g/mol. The second-order valence-corrected chi connectivity index (χ2v) is 5.29. The molecule has 0 saturated carbocycles. The number of rotatable bonds is 8. The first kappa shape index (κ1) is 21.7. The zero-order chi connectivity index (χ0) is 17.9. The average Bonchev–Trinajstić information content (AvgIpc) is 2.65. The number of nitrogens with one attached hydrogen (secondary N) is 2. The number of aliphatic imine (C=N–C) groups is 1. The Morgan fingerprint density at radius 3 is 2.42 bits per heavy atom. The summed E-state index contributed by atoms with van der Waals surface area (Å²) >= 11 is 0. The van der Waals surface area contributed by atoms with E-state index in [4.69, 9.17) is 4.74 Å². The van der Waals surface area contributed by atoms with Crippen LogP contribution in [0.25, 0.3) is 0 Å². The van der Waals surface area contributed by atoms with Crippen LogP contribution in [0.5, 0.6) is 5.75 Å². The van der Waals surface area contributed by atoms with Crippen molar-refractivity contribution in [1.82, 2.24) is 10.6 Å². The monoisotopic (exact) mass is 470 g/mol. The third-order valence-corrected chi connectivity index (χ3v) is 3.46. The molecule has 0 aliphatic heterocycles. The zero-order valence-corrected chi connectivity index (χ0v) is 16.9. The van der Waals surface area contributed by atoms with E-state index < -0.39 is 4.92 Å². The van der Waals surface area contributed by atoms with Crippen molar-refractivity contribution >= 4 is 35.6 Å². The Labute approximate surface area is 170 Å². The molecule has 2 rings (SSSR count). The summed E-state index contributed by atoms with van der Waals surface area (Å²) in [5.74, 6) is 1.54. The third-order valence-electron chi connectivity index (χ3n) is 3.46. The molecule has 2 N–H and O–H groups in total. The van der Waals surface area contributed by atoms with Gasteiger partial charge in [-0.2, -0.15) is 0 Å². The van der Waals surface area contributed by atoms with Gasteiger partial charge in [0, 0.05) is 32.3 Å². The predicted molar refractivity (Wildman–Crippen MR) is 113 cm³/mol. The SMILES string of the molecule is CN=C(NCCCOc1ccccc1)NCc1ccc([N+](=O)[O-])cc1.I. The number of guanidine groups is 1. The standard InChI is InChI=1S/C18H22N4O3.HI/c1-19-18(20-12-5-13-25-17-6-3-2-4-7-17)21-14-15-8-10-16(11-9-15)22(23)24;/h2-4,6-11H,5,12-14H2,1H3,(H2,19,20,21);1H. The lowest BCUT2D eigenvalue weighted by Gasteiger charge is -2.12. The normalized spacial score (nSPS) is 10.6. The van der Waals surface area contributed by atoms with Gasteiger partial charge in [-0.1, -0.05) is 30.3 Å². The summed E-state index contributed by atoms with van der Waals surface area (Å²) < 4.78 is 5.63. The highest BCUT2D eigenvalue weighted by Crippen LogP contribution is 2.11. The fourth-order valence-electron chi connectivity index (χ4n) is 2.13. The predicted octanol–water partition coefficient (Wildman–Crippen LogP) is 3.35. The van der Waals surface area contributed by atoms with Crippen molar-refractivity contribution in [2.75, 3.05) is 20.2 Å². The maximum Gasteiger partial charge on any atom is 0.269 e. The molecule has 0 unspecified atom stereocenters. The van der Waals surface area contributed by atoms with E-state index in [9.17, 15) is 10.1 Å². The Morgan fingerprint density at radius 1 is 1.12 bits per heavy atom. The number of ether oxygens (including phenoxy) is 1. The summed E-state index contributed by atoms with van der Waals surface area (Å²) in [4.78, 5) is 14.4. The minimum absolute atomic E-state index is 0. The molecule has 8 heteroatoms.